The summed E-state index contributed by atoms with van der Waals surface area (Å²) in [5.74, 6) is -0.0929. The fourth-order valence-corrected chi connectivity index (χ4v) is 3.37. The Morgan fingerprint density at radius 2 is 1.94 bits per heavy atom. The predicted octanol–water partition coefficient (Wildman–Crippen LogP) is 3.56. The van der Waals surface area contributed by atoms with E-state index in [0.29, 0.717) is 18.4 Å². The van der Waals surface area contributed by atoms with Crippen LogP contribution in [0.5, 0.6) is 0 Å². The number of nitrogens with one attached hydrogen (secondary N) is 3. The highest BCUT2D eigenvalue weighted by Gasteiger charge is 2.33. The maximum atomic E-state index is 12.5. The molecule has 174 valence electrons. The number of alkyl carbamates (subject to hydrolysis) is 1. The van der Waals surface area contributed by atoms with Gasteiger partial charge in [0.05, 0.1) is 18.3 Å². The Kier molecular flexibility index (Phi) is 6.70. The molecule has 32 heavy (non-hydrogen) atoms. The smallest absolute Gasteiger partial charge is 0.434 e. The molecule has 2 aromatic rings. The second-order valence-electron chi connectivity index (χ2n) is 8.74. The number of aromatic amines is 1. The van der Waals surface area contributed by atoms with E-state index >= 15 is 0 Å². The first kappa shape index (κ1) is 23.5. The molecule has 3 rings (SSSR count). The summed E-state index contributed by atoms with van der Waals surface area (Å²) < 4.78 is 43.1. The van der Waals surface area contributed by atoms with Gasteiger partial charge < -0.3 is 15.4 Å². The number of anilines is 1. The number of halogens is 3. The Bertz CT molecular complexity index is 953. The zero-order chi connectivity index (χ0) is 23.5. The Hall–Kier alpha value is -3.18. The summed E-state index contributed by atoms with van der Waals surface area (Å²) in [6.45, 7) is 5.61. The van der Waals surface area contributed by atoms with Crippen LogP contribution in [0, 0.1) is 0 Å². The summed E-state index contributed by atoms with van der Waals surface area (Å²) >= 11 is 0. The molecule has 2 aromatic heterocycles. The van der Waals surface area contributed by atoms with Gasteiger partial charge in [0.15, 0.2) is 11.5 Å². The topological polar surface area (TPSA) is 122 Å². The van der Waals surface area contributed by atoms with Crippen LogP contribution in [0.3, 0.4) is 0 Å². The first-order valence-electron chi connectivity index (χ1n) is 10.1. The third kappa shape index (κ3) is 6.66. The van der Waals surface area contributed by atoms with Crippen molar-refractivity contribution in [3.05, 3.63) is 35.5 Å². The Morgan fingerprint density at radius 1 is 1.19 bits per heavy atom. The van der Waals surface area contributed by atoms with Gasteiger partial charge in [-0.15, -0.1) is 0 Å². The third-order valence-corrected chi connectivity index (χ3v) is 4.78. The highest BCUT2D eigenvalue weighted by atomic mass is 19.4. The van der Waals surface area contributed by atoms with Crippen LogP contribution in [0.15, 0.2) is 18.5 Å². The van der Waals surface area contributed by atoms with Gasteiger partial charge in [-0.3, -0.25) is 14.9 Å². The number of H-pyrrole nitrogens is 1. The maximum Gasteiger partial charge on any atom is 0.434 e. The van der Waals surface area contributed by atoms with Gasteiger partial charge in [0.1, 0.15) is 6.10 Å². The van der Waals surface area contributed by atoms with Crippen molar-refractivity contribution >= 4 is 17.8 Å². The molecule has 0 spiro atoms. The van der Waals surface area contributed by atoms with Gasteiger partial charge in [-0.25, -0.2) is 9.78 Å². The molecule has 0 aromatic carbocycles. The first-order valence-corrected chi connectivity index (χ1v) is 10.1. The standard InChI is InChI=1S/C20H25F3N6O3/c1-19(2,3)27-18(31)32-13-5-4-11(6-13)14-8-16(29-28-14)26-17(30)7-12-9-25-15(10-24-12)20(21,22)23/h8-11,13H,4-7H2,1-3H3,(H,27,31)(H2,26,28,29,30)/t11-,13+/m0/s1. The van der Waals surface area contributed by atoms with Crippen molar-refractivity contribution in [3.8, 4) is 0 Å². The van der Waals surface area contributed by atoms with Crippen LogP contribution in [0.2, 0.25) is 0 Å². The molecule has 1 aliphatic carbocycles. The van der Waals surface area contributed by atoms with E-state index in [1.807, 2.05) is 20.8 Å². The number of nitrogens with zero attached hydrogens (tertiary/aromatic N) is 3. The van der Waals surface area contributed by atoms with Crippen LogP contribution in [-0.2, 0) is 22.1 Å². The van der Waals surface area contributed by atoms with Crippen LogP contribution in [0.25, 0.3) is 0 Å². The number of amides is 2. The average Bonchev–Trinajstić information content (AvgIpc) is 3.29. The van der Waals surface area contributed by atoms with E-state index in [2.05, 4.69) is 30.8 Å². The quantitative estimate of drug-likeness (QED) is 0.635. The number of rotatable bonds is 5. The fraction of sp³-hybridized carbons (Fsp3) is 0.550. The molecule has 0 bridgehead atoms. The van der Waals surface area contributed by atoms with E-state index in [1.165, 1.54) is 0 Å². The predicted molar refractivity (Wildman–Crippen MR) is 108 cm³/mol. The lowest BCUT2D eigenvalue weighted by Gasteiger charge is -2.22. The molecule has 12 heteroatoms. The molecule has 0 saturated heterocycles. The van der Waals surface area contributed by atoms with E-state index in [0.717, 1.165) is 24.7 Å². The van der Waals surface area contributed by atoms with Crippen LogP contribution in [-0.4, -0.2) is 43.8 Å². The molecule has 9 nitrogen and oxygen atoms in total. The van der Waals surface area contributed by atoms with Crippen molar-refractivity contribution in [1.29, 1.82) is 0 Å². The number of ether oxygens (including phenoxy) is 1. The lowest BCUT2D eigenvalue weighted by Crippen LogP contribution is -2.42. The molecule has 0 unspecified atom stereocenters. The minimum Gasteiger partial charge on any atom is -0.446 e. The summed E-state index contributed by atoms with van der Waals surface area (Å²) in [7, 11) is 0. The fourth-order valence-electron chi connectivity index (χ4n) is 3.37. The lowest BCUT2D eigenvalue weighted by atomic mass is 10.0. The van der Waals surface area contributed by atoms with Gasteiger partial charge in [-0.1, -0.05) is 0 Å². The van der Waals surface area contributed by atoms with E-state index < -0.39 is 23.9 Å². The number of aromatic nitrogens is 4. The van der Waals surface area contributed by atoms with Crippen LogP contribution in [0.1, 0.15) is 63.0 Å². The summed E-state index contributed by atoms with van der Waals surface area (Å²) in [5, 5.41) is 12.3. The molecule has 1 aliphatic rings. The van der Waals surface area contributed by atoms with Crippen LogP contribution < -0.4 is 10.6 Å². The second kappa shape index (κ2) is 9.13. The minimum absolute atomic E-state index is 0.0985. The van der Waals surface area contributed by atoms with Gasteiger partial charge in [-0.2, -0.15) is 18.3 Å². The summed E-state index contributed by atoms with van der Waals surface area (Å²) in [6.07, 6.45) is -1.82. The Morgan fingerprint density at radius 3 is 2.56 bits per heavy atom. The zero-order valence-corrected chi connectivity index (χ0v) is 17.9. The van der Waals surface area contributed by atoms with Crippen LogP contribution >= 0.6 is 0 Å². The molecule has 2 amide bonds. The minimum atomic E-state index is -4.58. The number of alkyl halides is 3. The third-order valence-electron chi connectivity index (χ3n) is 4.78. The van der Waals surface area contributed by atoms with E-state index in [4.69, 9.17) is 4.74 Å². The van der Waals surface area contributed by atoms with E-state index in [1.54, 1.807) is 6.07 Å². The molecule has 1 fully saturated rings. The molecule has 0 aliphatic heterocycles. The van der Waals surface area contributed by atoms with E-state index in [9.17, 15) is 22.8 Å². The SMILES string of the molecule is CC(C)(C)NC(=O)O[C@@H]1CC[C@H](c2cc(NC(=O)Cc3cnc(C(F)(F)F)cn3)n[nH]2)C1. The normalized spacial score (nSPS) is 18.9. The zero-order valence-electron chi connectivity index (χ0n) is 17.9. The monoisotopic (exact) mass is 454 g/mol. The van der Waals surface area contributed by atoms with Gasteiger partial charge in [0.2, 0.25) is 5.91 Å². The molecule has 2 atom stereocenters. The summed E-state index contributed by atoms with van der Waals surface area (Å²) in [6, 6.07) is 1.69. The van der Waals surface area contributed by atoms with E-state index in [-0.39, 0.29) is 29.7 Å². The van der Waals surface area contributed by atoms with Gasteiger partial charge in [0.25, 0.3) is 0 Å². The second-order valence-corrected chi connectivity index (χ2v) is 8.74. The van der Waals surface area contributed by atoms with Crippen molar-refractivity contribution in [2.24, 2.45) is 0 Å². The van der Waals surface area contributed by atoms with Gasteiger partial charge in [-0.05, 0) is 40.0 Å². The Labute approximate surface area is 182 Å². The summed E-state index contributed by atoms with van der Waals surface area (Å²) in [5.41, 5.74) is -0.585. The maximum absolute atomic E-state index is 12.5. The molecular formula is C20H25F3N6O3. The number of hydrogen-bond acceptors (Lipinski definition) is 6. The van der Waals surface area contributed by atoms with Crippen molar-refractivity contribution in [2.75, 3.05) is 5.32 Å². The lowest BCUT2D eigenvalue weighted by molar-refractivity contribution is -0.141. The Balaban J connectivity index is 1.49. The highest BCUT2D eigenvalue weighted by Crippen LogP contribution is 2.36. The number of carbonyl (C=O) groups is 2. The van der Waals surface area contributed by atoms with Crippen LogP contribution in [0.4, 0.5) is 23.8 Å². The largest absolute Gasteiger partial charge is 0.446 e. The molecular weight excluding hydrogens is 429 g/mol. The van der Waals surface area contributed by atoms with Gasteiger partial charge >= 0.3 is 12.3 Å². The van der Waals surface area contributed by atoms with Crippen molar-refractivity contribution in [2.45, 2.75) is 70.2 Å². The summed E-state index contributed by atoms with van der Waals surface area (Å²) in [4.78, 5) is 31.0. The first-order chi connectivity index (χ1) is 14.9. The highest BCUT2D eigenvalue weighted by molar-refractivity contribution is 5.91. The van der Waals surface area contributed by atoms with Crippen molar-refractivity contribution in [1.82, 2.24) is 25.5 Å². The van der Waals surface area contributed by atoms with Crippen molar-refractivity contribution < 1.29 is 27.5 Å². The number of hydrogen-bond donors (Lipinski definition) is 3. The molecule has 0 radical (unpaired) electrons. The van der Waals surface area contributed by atoms with Gasteiger partial charge in [0, 0.05) is 29.4 Å². The average molecular weight is 454 g/mol. The molecule has 1 saturated carbocycles. The number of carbonyl (C=O) groups excluding carboxylic acids is 2. The van der Waals surface area contributed by atoms with Crippen molar-refractivity contribution in [3.63, 3.8) is 0 Å². The molecule has 3 N–H and O–H groups in total. The molecule has 2 heterocycles.